The van der Waals surface area contributed by atoms with Crippen LogP contribution in [0.5, 0.6) is 5.75 Å². The van der Waals surface area contributed by atoms with Crippen molar-refractivity contribution in [3.05, 3.63) is 22.8 Å². The van der Waals surface area contributed by atoms with E-state index in [-0.39, 0.29) is 5.78 Å². The monoisotopic (exact) mass is 231 g/mol. The van der Waals surface area contributed by atoms with Gasteiger partial charge in [-0.3, -0.25) is 4.79 Å². The number of hydrogen-bond donors (Lipinski definition) is 1. The summed E-state index contributed by atoms with van der Waals surface area (Å²) in [6, 6.07) is 2.06. The molecule has 1 N–H and O–H groups in total. The number of nitrogens with one attached hydrogen (secondary N) is 1. The van der Waals surface area contributed by atoms with E-state index in [0.717, 1.165) is 35.6 Å². The van der Waals surface area contributed by atoms with Gasteiger partial charge in [0.1, 0.15) is 5.75 Å². The highest BCUT2D eigenvalue weighted by molar-refractivity contribution is 5.97. The minimum Gasteiger partial charge on any atom is -0.493 e. The number of fused-ring (bicyclic) bond motifs is 3. The van der Waals surface area contributed by atoms with Gasteiger partial charge in [0, 0.05) is 24.1 Å². The molecular weight excluding hydrogens is 214 g/mol. The summed E-state index contributed by atoms with van der Waals surface area (Å²) >= 11 is 0. The molecule has 0 amide bonds. The van der Waals surface area contributed by atoms with Gasteiger partial charge in [0.05, 0.1) is 12.1 Å². The predicted molar refractivity (Wildman–Crippen MR) is 66.8 cm³/mol. The Morgan fingerprint density at radius 1 is 1.35 bits per heavy atom. The molecule has 17 heavy (non-hydrogen) atoms. The van der Waals surface area contributed by atoms with Gasteiger partial charge in [0.15, 0.2) is 5.78 Å². The van der Waals surface area contributed by atoms with Gasteiger partial charge in [-0.1, -0.05) is 0 Å². The van der Waals surface area contributed by atoms with Crippen LogP contribution in [0.2, 0.25) is 0 Å². The van der Waals surface area contributed by atoms with Crippen LogP contribution in [0, 0.1) is 6.92 Å². The van der Waals surface area contributed by atoms with Crippen molar-refractivity contribution in [2.45, 2.75) is 39.2 Å². The van der Waals surface area contributed by atoms with Gasteiger partial charge in [0.25, 0.3) is 0 Å². The first-order valence-corrected chi connectivity index (χ1v) is 6.08. The topological polar surface area (TPSA) is 38.3 Å². The molecule has 3 nitrogen and oxygen atoms in total. The molecular formula is C14H17NO2. The van der Waals surface area contributed by atoms with Crippen molar-refractivity contribution in [1.82, 2.24) is 0 Å². The molecule has 0 spiro atoms. The maximum Gasteiger partial charge on any atom is 0.162 e. The van der Waals surface area contributed by atoms with E-state index in [9.17, 15) is 4.79 Å². The second kappa shape index (κ2) is 3.25. The first-order valence-electron chi connectivity index (χ1n) is 6.08. The van der Waals surface area contributed by atoms with Crippen molar-refractivity contribution < 1.29 is 9.53 Å². The SMILES string of the molecule is Cc1cc2c(c3c1CC(=O)C(C)(C)N3)CCO2. The first kappa shape index (κ1) is 10.6. The fourth-order valence-electron chi connectivity index (χ4n) is 2.66. The summed E-state index contributed by atoms with van der Waals surface area (Å²) in [5.41, 5.74) is 4.22. The fourth-order valence-corrected chi connectivity index (χ4v) is 2.66. The molecule has 2 aliphatic rings. The number of Topliss-reactive ketones (excluding diaryl/α,β-unsaturated/α-hetero) is 1. The molecule has 0 saturated heterocycles. The average molecular weight is 231 g/mol. The zero-order chi connectivity index (χ0) is 12.2. The summed E-state index contributed by atoms with van der Waals surface area (Å²) in [5.74, 6) is 1.24. The van der Waals surface area contributed by atoms with E-state index in [2.05, 4.69) is 11.4 Å². The quantitative estimate of drug-likeness (QED) is 0.744. The van der Waals surface area contributed by atoms with Crippen molar-refractivity contribution in [3.63, 3.8) is 0 Å². The number of carbonyl (C=O) groups is 1. The molecule has 1 aromatic carbocycles. The van der Waals surface area contributed by atoms with Crippen molar-refractivity contribution in [3.8, 4) is 5.75 Å². The Morgan fingerprint density at radius 2 is 2.12 bits per heavy atom. The Morgan fingerprint density at radius 3 is 2.88 bits per heavy atom. The van der Waals surface area contributed by atoms with Crippen molar-refractivity contribution >= 4 is 11.5 Å². The number of hydrogen-bond acceptors (Lipinski definition) is 3. The zero-order valence-corrected chi connectivity index (χ0v) is 10.5. The standard InChI is InChI=1S/C14H17NO2/c1-8-6-11-9(4-5-17-11)13-10(8)7-12(16)14(2,3)15-13/h6,15H,4-5,7H2,1-3H3. The van der Waals surface area contributed by atoms with Gasteiger partial charge < -0.3 is 10.1 Å². The number of anilines is 1. The predicted octanol–water partition coefficient (Wildman–Crippen LogP) is 2.25. The van der Waals surface area contributed by atoms with Gasteiger partial charge in [-0.15, -0.1) is 0 Å². The van der Waals surface area contributed by atoms with Gasteiger partial charge in [-0.25, -0.2) is 0 Å². The molecule has 0 aromatic heterocycles. The van der Waals surface area contributed by atoms with Crippen molar-refractivity contribution in [2.75, 3.05) is 11.9 Å². The van der Waals surface area contributed by atoms with E-state index >= 15 is 0 Å². The van der Waals surface area contributed by atoms with Gasteiger partial charge >= 0.3 is 0 Å². The minimum atomic E-state index is -0.461. The van der Waals surface area contributed by atoms with Gasteiger partial charge in [0.2, 0.25) is 0 Å². The Balaban J connectivity index is 2.20. The van der Waals surface area contributed by atoms with Crippen LogP contribution in [0.25, 0.3) is 0 Å². The van der Waals surface area contributed by atoms with Crippen LogP contribution in [-0.4, -0.2) is 17.9 Å². The average Bonchev–Trinajstić information content (AvgIpc) is 2.69. The number of carbonyl (C=O) groups excluding carboxylic acids is 1. The van der Waals surface area contributed by atoms with E-state index in [0.29, 0.717) is 6.42 Å². The Labute approximate surface area is 101 Å². The third kappa shape index (κ3) is 1.45. The summed E-state index contributed by atoms with van der Waals surface area (Å²) in [7, 11) is 0. The lowest BCUT2D eigenvalue weighted by Gasteiger charge is -2.34. The van der Waals surface area contributed by atoms with Crippen LogP contribution in [-0.2, 0) is 17.6 Å². The zero-order valence-electron chi connectivity index (χ0n) is 10.5. The molecule has 3 heteroatoms. The lowest BCUT2D eigenvalue weighted by atomic mass is 9.84. The van der Waals surface area contributed by atoms with Gasteiger partial charge in [-0.2, -0.15) is 0 Å². The number of ether oxygens (including phenoxy) is 1. The highest BCUT2D eigenvalue weighted by Crippen LogP contribution is 2.41. The van der Waals surface area contributed by atoms with E-state index < -0.39 is 5.54 Å². The minimum absolute atomic E-state index is 0.256. The van der Waals surface area contributed by atoms with Crippen LogP contribution >= 0.6 is 0 Å². The van der Waals surface area contributed by atoms with Crippen molar-refractivity contribution in [2.24, 2.45) is 0 Å². The third-order valence-electron chi connectivity index (χ3n) is 3.81. The second-order valence-corrected chi connectivity index (χ2v) is 5.47. The molecule has 0 aliphatic carbocycles. The van der Waals surface area contributed by atoms with Crippen LogP contribution < -0.4 is 10.1 Å². The van der Waals surface area contributed by atoms with E-state index in [4.69, 9.17) is 4.74 Å². The lowest BCUT2D eigenvalue weighted by Crippen LogP contribution is -2.45. The van der Waals surface area contributed by atoms with Crippen LogP contribution in [0.15, 0.2) is 6.07 Å². The molecule has 90 valence electrons. The lowest BCUT2D eigenvalue weighted by molar-refractivity contribution is -0.122. The smallest absolute Gasteiger partial charge is 0.162 e. The molecule has 0 unspecified atom stereocenters. The molecule has 0 atom stereocenters. The molecule has 2 heterocycles. The molecule has 0 radical (unpaired) electrons. The van der Waals surface area contributed by atoms with E-state index in [1.165, 1.54) is 5.56 Å². The highest BCUT2D eigenvalue weighted by atomic mass is 16.5. The maximum absolute atomic E-state index is 12.0. The van der Waals surface area contributed by atoms with E-state index in [1.54, 1.807) is 0 Å². The summed E-state index contributed by atoms with van der Waals surface area (Å²) in [6.07, 6.45) is 1.48. The van der Waals surface area contributed by atoms with Crippen molar-refractivity contribution in [1.29, 1.82) is 0 Å². The second-order valence-electron chi connectivity index (χ2n) is 5.47. The van der Waals surface area contributed by atoms with Crippen LogP contribution in [0.4, 0.5) is 5.69 Å². The van der Waals surface area contributed by atoms with E-state index in [1.807, 2.05) is 20.8 Å². The first-order chi connectivity index (χ1) is 7.99. The molecule has 1 aromatic rings. The summed E-state index contributed by atoms with van der Waals surface area (Å²) < 4.78 is 5.62. The normalized spacial score (nSPS) is 20.3. The number of benzene rings is 1. The molecule has 3 rings (SSSR count). The molecule has 0 fully saturated rings. The highest BCUT2D eigenvalue weighted by Gasteiger charge is 2.36. The summed E-state index contributed by atoms with van der Waals surface area (Å²) in [5, 5.41) is 3.40. The molecule has 2 aliphatic heterocycles. The number of ketones is 1. The Kier molecular flexibility index (Phi) is 2.03. The van der Waals surface area contributed by atoms with Crippen LogP contribution in [0.3, 0.4) is 0 Å². The molecule has 0 saturated carbocycles. The number of aryl methyl sites for hydroxylation is 1. The summed E-state index contributed by atoms with van der Waals surface area (Å²) in [4.78, 5) is 12.0. The Hall–Kier alpha value is -1.51. The fraction of sp³-hybridized carbons (Fsp3) is 0.500. The largest absolute Gasteiger partial charge is 0.493 e. The number of rotatable bonds is 0. The third-order valence-corrected chi connectivity index (χ3v) is 3.81. The van der Waals surface area contributed by atoms with Crippen LogP contribution in [0.1, 0.15) is 30.5 Å². The van der Waals surface area contributed by atoms with Gasteiger partial charge in [-0.05, 0) is 38.0 Å². The molecule has 0 bridgehead atoms. The Bertz CT molecular complexity index is 517. The summed E-state index contributed by atoms with van der Waals surface area (Å²) in [6.45, 7) is 6.70. The maximum atomic E-state index is 12.0.